The Hall–Kier alpha value is -1.07. The Morgan fingerprint density at radius 1 is 1.59 bits per heavy atom. The van der Waals surface area contributed by atoms with Crippen molar-refractivity contribution in [2.75, 3.05) is 13.7 Å². The maximum atomic E-state index is 11.8. The van der Waals surface area contributed by atoms with Gasteiger partial charge >= 0.3 is 0 Å². The SMILES string of the molecule is CCC(N)CNC(=O)c1ccc(OC)c(Br)c1. The van der Waals surface area contributed by atoms with Crippen LogP contribution in [-0.2, 0) is 0 Å². The Bertz CT molecular complexity index is 396. The quantitative estimate of drug-likeness (QED) is 0.873. The second-order valence-electron chi connectivity index (χ2n) is 3.73. The van der Waals surface area contributed by atoms with Crippen LogP contribution in [0.3, 0.4) is 0 Å². The summed E-state index contributed by atoms with van der Waals surface area (Å²) < 4.78 is 5.85. The number of benzene rings is 1. The van der Waals surface area contributed by atoms with Crippen molar-refractivity contribution in [1.82, 2.24) is 5.32 Å². The van der Waals surface area contributed by atoms with Crippen molar-refractivity contribution >= 4 is 21.8 Å². The number of nitrogens with one attached hydrogen (secondary N) is 1. The third-order valence-corrected chi connectivity index (χ3v) is 3.08. The number of ether oxygens (including phenoxy) is 1. The monoisotopic (exact) mass is 300 g/mol. The van der Waals surface area contributed by atoms with E-state index in [4.69, 9.17) is 10.5 Å². The van der Waals surface area contributed by atoms with Crippen LogP contribution >= 0.6 is 15.9 Å². The zero-order valence-electron chi connectivity index (χ0n) is 10.00. The van der Waals surface area contributed by atoms with Gasteiger partial charge in [-0.2, -0.15) is 0 Å². The fourth-order valence-corrected chi connectivity index (χ4v) is 1.82. The molecule has 3 N–H and O–H groups in total. The zero-order valence-corrected chi connectivity index (χ0v) is 11.6. The fraction of sp³-hybridized carbons (Fsp3) is 0.417. The minimum atomic E-state index is -0.128. The molecule has 1 amide bonds. The molecule has 0 heterocycles. The molecule has 0 aliphatic carbocycles. The lowest BCUT2D eigenvalue weighted by Gasteiger charge is -2.11. The summed E-state index contributed by atoms with van der Waals surface area (Å²) in [6.45, 7) is 2.47. The highest BCUT2D eigenvalue weighted by Gasteiger charge is 2.09. The third kappa shape index (κ3) is 4.02. The van der Waals surface area contributed by atoms with Gasteiger partial charge in [0.15, 0.2) is 0 Å². The maximum Gasteiger partial charge on any atom is 0.251 e. The Kier molecular flexibility index (Phi) is 5.44. The second-order valence-corrected chi connectivity index (χ2v) is 4.58. The lowest BCUT2D eigenvalue weighted by atomic mass is 10.2. The first-order chi connectivity index (χ1) is 8.08. The number of nitrogens with two attached hydrogens (primary N) is 1. The third-order valence-electron chi connectivity index (χ3n) is 2.46. The maximum absolute atomic E-state index is 11.8. The van der Waals surface area contributed by atoms with Gasteiger partial charge in [0.05, 0.1) is 11.6 Å². The van der Waals surface area contributed by atoms with E-state index in [1.54, 1.807) is 25.3 Å². The van der Waals surface area contributed by atoms with E-state index in [1.165, 1.54) is 0 Å². The van der Waals surface area contributed by atoms with Crippen molar-refractivity contribution in [2.24, 2.45) is 5.73 Å². The molecular formula is C12H17BrN2O2. The van der Waals surface area contributed by atoms with Crippen LogP contribution in [0.4, 0.5) is 0 Å². The van der Waals surface area contributed by atoms with Gasteiger partial charge in [-0.1, -0.05) is 6.92 Å². The predicted octanol–water partition coefficient (Wildman–Crippen LogP) is 1.92. The average molecular weight is 301 g/mol. The van der Waals surface area contributed by atoms with Crippen LogP contribution < -0.4 is 15.8 Å². The molecule has 0 aliphatic heterocycles. The molecule has 4 nitrogen and oxygen atoms in total. The molecule has 0 aromatic heterocycles. The zero-order chi connectivity index (χ0) is 12.8. The van der Waals surface area contributed by atoms with Crippen molar-refractivity contribution in [2.45, 2.75) is 19.4 Å². The van der Waals surface area contributed by atoms with Gasteiger partial charge < -0.3 is 15.8 Å². The molecule has 94 valence electrons. The van der Waals surface area contributed by atoms with E-state index in [2.05, 4.69) is 21.2 Å². The molecule has 1 unspecified atom stereocenters. The van der Waals surface area contributed by atoms with E-state index in [-0.39, 0.29) is 11.9 Å². The molecule has 0 aliphatic rings. The van der Waals surface area contributed by atoms with E-state index >= 15 is 0 Å². The predicted molar refractivity (Wildman–Crippen MR) is 71.3 cm³/mol. The van der Waals surface area contributed by atoms with Crippen molar-refractivity contribution in [3.63, 3.8) is 0 Å². The fourth-order valence-electron chi connectivity index (χ4n) is 1.28. The van der Waals surface area contributed by atoms with Gasteiger partial charge in [-0.3, -0.25) is 4.79 Å². The minimum Gasteiger partial charge on any atom is -0.496 e. The molecule has 0 fully saturated rings. The summed E-state index contributed by atoms with van der Waals surface area (Å²) >= 11 is 3.34. The van der Waals surface area contributed by atoms with Crippen LogP contribution in [-0.4, -0.2) is 25.6 Å². The highest BCUT2D eigenvalue weighted by molar-refractivity contribution is 9.10. The van der Waals surface area contributed by atoms with Crippen molar-refractivity contribution < 1.29 is 9.53 Å². The number of carbonyl (C=O) groups is 1. The first-order valence-corrected chi connectivity index (χ1v) is 6.25. The van der Waals surface area contributed by atoms with Crippen molar-refractivity contribution in [3.8, 4) is 5.75 Å². The van der Waals surface area contributed by atoms with Crippen LogP contribution in [0.1, 0.15) is 23.7 Å². The summed E-state index contributed by atoms with van der Waals surface area (Å²) in [6.07, 6.45) is 0.840. The second kappa shape index (κ2) is 6.61. The molecule has 5 heteroatoms. The summed E-state index contributed by atoms with van der Waals surface area (Å²) in [5.74, 6) is 0.573. The molecule has 1 aromatic carbocycles. The number of hydrogen-bond acceptors (Lipinski definition) is 3. The average Bonchev–Trinajstić information content (AvgIpc) is 2.35. The van der Waals surface area contributed by atoms with E-state index in [0.29, 0.717) is 17.9 Å². The number of carbonyl (C=O) groups excluding carboxylic acids is 1. The standard InChI is InChI=1S/C12H17BrN2O2/c1-3-9(14)7-15-12(16)8-4-5-11(17-2)10(13)6-8/h4-6,9H,3,7,14H2,1-2H3,(H,15,16). The first-order valence-electron chi connectivity index (χ1n) is 5.45. The number of rotatable bonds is 5. The normalized spacial score (nSPS) is 12.0. The highest BCUT2D eigenvalue weighted by Crippen LogP contribution is 2.25. The van der Waals surface area contributed by atoms with Crippen LogP contribution in [0.15, 0.2) is 22.7 Å². The molecule has 1 aromatic rings. The first kappa shape index (κ1) is 14.0. The van der Waals surface area contributed by atoms with Gasteiger partial charge in [0.2, 0.25) is 0 Å². The van der Waals surface area contributed by atoms with E-state index in [1.807, 2.05) is 6.92 Å². The van der Waals surface area contributed by atoms with Gasteiger partial charge in [0.1, 0.15) is 5.75 Å². The summed E-state index contributed by atoms with van der Waals surface area (Å²) in [7, 11) is 1.58. The number of halogens is 1. The largest absolute Gasteiger partial charge is 0.496 e. The van der Waals surface area contributed by atoms with Crippen molar-refractivity contribution in [1.29, 1.82) is 0 Å². The van der Waals surface area contributed by atoms with Crippen molar-refractivity contribution in [3.05, 3.63) is 28.2 Å². The lowest BCUT2D eigenvalue weighted by molar-refractivity contribution is 0.0951. The Morgan fingerprint density at radius 2 is 2.29 bits per heavy atom. The summed E-state index contributed by atoms with van der Waals surface area (Å²) in [5.41, 5.74) is 6.32. The molecule has 0 saturated carbocycles. The van der Waals surface area contributed by atoms with Gasteiger partial charge in [0.25, 0.3) is 5.91 Å². The molecular weight excluding hydrogens is 284 g/mol. The van der Waals surface area contributed by atoms with Crippen LogP contribution in [0.2, 0.25) is 0 Å². The topological polar surface area (TPSA) is 64.3 Å². The van der Waals surface area contributed by atoms with E-state index in [0.717, 1.165) is 10.9 Å². The molecule has 1 atom stereocenters. The summed E-state index contributed by atoms with van der Waals surface area (Å²) in [6, 6.07) is 5.20. The van der Waals surface area contributed by atoms with Gasteiger partial charge in [-0.25, -0.2) is 0 Å². The molecule has 0 radical (unpaired) electrons. The van der Waals surface area contributed by atoms with Crippen LogP contribution in [0.5, 0.6) is 5.75 Å². The van der Waals surface area contributed by atoms with E-state index in [9.17, 15) is 4.79 Å². The highest BCUT2D eigenvalue weighted by atomic mass is 79.9. The number of hydrogen-bond donors (Lipinski definition) is 2. The molecule has 17 heavy (non-hydrogen) atoms. The molecule has 1 rings (SSSR count). The molecule has 0 spiro atoms. The Labute approximate surface area is 110 Å². The number of methoxy groups -OCH3 is 1. The van der Waals surface area contributed by atoms with Gasteiger partial charge in [-0.05, 0) is 40.5 Å². The van der Waals surface area contributed by atoms with Gasteiger partial charge in [-0.15, -0.1) is 0 Å². The van der Waals surface area contributed by atoms with Gasteiger partial charge in [0, 0.05) is 18.2 Å². The molecule has 0 saturated heterocycles. The Morgan fingerprint density at radius 3 is 2.82 bits per heavy atom. The summed E-state index contributed by atoms with van der Waals surface area (Å²) in [5, 5.41) is 2.79. The van der Waals surface area contributed by atoms with Crippen LogP contribution in [0, 0.1) is 0 Å². The number of amides is 1. The Balaban J connectivity index is 2.66. The minimum absolute atomic E-state index is 0.000592. The van der Waals surface area contributed by atoms with Crippen LogP contribution in [0.25, 0.3) is 0 Å². The van der Waals surface area contributed by atoms with E-state index < -0.39 is 0 Å². The smallest absolute Gasteiger partial charge is 0.251 e. The lowest BCUT2D eigenvalue weighted by Crippen LogP contribution is -2.36. The molecule has 0 bridgehead atoms. The summed E-state index contributed by atoms with van der Waals surface area (Å²) in [4.78, 5) is 11.8.